The number of hydrogen-bond donors (Lipinski definition) is 2. The average Bonchev–Trinajstić information content (AvgIpc) is 2.30. The van der Waals surface area contributed by atoms with Crippen molar-refractivity contribution in [2.45, 2.75) is 6.04 Å². The fraction of sp³-hybridized carbons (Fsp3) is 0.455. The predicted molar refractivity (Wildman–Crippen MR) is 71.6 cm³/mol. The van der Waals surface area contributed by atoms with Crippen molar-refractivity contribution in [3.63, 3.8) is 0 Å². The van der Waals surface area contributed by atoms with E-state index in [4.69, 9.17) is 4.74 Å². The Hall–Kier alpha value is -0.290. The summed E-state index contributed by atoms with van der Waals surface area (Å²) in [5, 5.41) is 6.85. The molecule has 0 aliphatic carbocycles. The van der Waals surface area contributed by atoms with Gasteiger partial charge in [0.15, 0.2) is 0 Å². The lowest BCUT2D eigenvalue weighted by Gasteiger charge is -2.25. The Bertz CT molecular complexity index is 343. The van der Waals surface area contributed by atoms with E-state index in [9.17, 15) is 0 Å². The van der Waals surface area contributed by atoms with E-state index in [1.165, 1.54) is 5.56 Å². The van der Waals surface area contributed by atoms with Gasteiger partial charge in [-0.3, -0.25) is 0 Å². The molecule has 1 aromatic carbocycles. The van der Waals surface area contributed by atoms with Gasteiger partial charge < -0.3 is 15.4 Å². The standard InChI is InChI=1S/C11H15BrN2O.ClH/c1-15-11-3-2-8(6-9(11)12)10-7-13-4-5-14-10;/h2-3,6,10,13-14H,4-5,7H2,1H3;1H/t10-;/m1./s1. The highest BCUT2D eigenvalue weighted by atomic mass is 79.9. The molecule has 1 aliphatic rings. The van der Waals surface area contributed by atoms with Gasteiger partial charge in [0.25, 0.3) is 0 Å². The highest BCUT2D eigenvalue weighted by molar-refractivity contribution is 9.10. The molecular weight excluding hydrogens is 291 g/mol. The molecule has 0 aromatic heterocycles. The zero-order chi connectivity index (χ0) is 10.7. The lowest BCUT2D eigenvalue weighted by molar-refractivity contribution is 0.409. The summed E-state index contributed by atoms with van der Waals surface area (Å²) in [6.45, 7) is 3.06. The van der Waals surface area contributed by atoms with E-state index < -0.39 is 0 Å². The van der Waals surface area contributed by atoms with Gasteiger partial charge in [0, 0.05) is 25.7 Å². The minimum absolute atomic E-state index is 0. The van der Waals surface area contributed by atoms with Crippen LogP contribution in [0.2, 0.25) is 0 Å². The van der Waals surface area contributed by atoms with Gasteiger partial charge in [-0.2, -0.15) is 0 Å². The summed E-state index contributed by atoms with van der Waals surface area (Å²) in [6.07, 6.45) is 0. The van der Waals surface area contributed by atoms with Crippen LogP contribution in [-0.2, 0) is 0 Å². The minimum Gasteiger partial charge on any atom is -0.496 e. The van der Waals surface area contributed by atoms with Crippen LogP contribution in [0, 0.1) is 0 Å². The van der Waals surface area contributed by atoms with Gasteiger partial charge in [0.1, 0.15) is 5.75 Å². The maximum Gasteiger partial charge on any atom is 0.133 e. The second-order valence-corrected chi connectivity index (χ2v) is 4.46. The zero-order valence-corrected chi connectivity index (χ0v) is 11.5. The van der Waals surface area contributed by atoms with Gasteiger partial charge in [0.2, 0.25) is 0 Å². The summed E-state index contributed by atoms with van der Waals surface area (Å²) < 4.78 is 6.21. The van der Waals surface area contributed by atoms with Crippen molar-refractivity contribution in [2.24, 2.45) is 0 Å². The minimum atomic E-state index is 0. The molecule has 0 radical (unpaired) electrons. The normalized spacial score (nSPS) is 20.0. The fourth-order valence-corrected chi connectivity index (χ4v) is 2.35. The average molecular weight is 308 g/mol. The van der Waals surface area contributed by atoms with Crippen LogP contribution >= 0.6 is 28.3 Å². The quantitative estimate of drug-likeness (QED) is 0.878. The first kappa shape index (κ1) is 13.8. The van der Waals surface area contributed by atoms with Gasteiger partial charge in [-0.05, 0) is 33.6 Å². The van der Waals surface area contributed by atoms with Crippen LogP contribution in [0.15, 0.2) is 22.7 Å². The molecule has 16 heavy (non-hydrogen) atoms. The van der Waals surface area contributed by atoms with Gasteiger partial charge in [0.05, 0.1) is 11.6 Å². The molecule has 0 spiro atoms. The van der Waals surface area contributed by atoms with E-state index in [-0.39, 0.29) is 12.4 Å². The fourth-order valence-electron chi connectivity index (χ4n) is 1.79. The number of ether oxygens (including phenoxy) is 1. The van der Waals surface area contributed by atoms with Crippen LogP contribution < -0.4 is 15.4 Å². The highest BCUT2D eigenvalue weighted by Crippen LogP contribution is 2.28. The van der Waals surface area contributed by atoms with Crippen molar-refractivity contribution in [2.75, 3.05) is 26.7 Å². The molecule has 5 heteroatoms. The monoisotopic (exact) mass is 306 g/mol. The van der Waals surface area contributed by atoms with Crippen molar-refractivity contribution in [1.29, 1.82) is 0 Å². The van der Waals surface area contributed by atoms with Crippen molar-refractivity contribution < 1.29 is 4.74 Å². The third-order valence-corrected chi connectivity index (χ3v) is 3.24. The van der Waals surface area contributed by atoms with Crippen molar-refractivity contribution in [3.05, 3.63) is 28.2 Å². The molecule has 1 fully saturated rings. The van der Waals surface area contributed by atoms with Crippen LogP contribution in [0.3, 0.4) is 0 Å². The SMILES string of the molecule is COc1ccc([C@H]2CNCCN2)cc1Br.Cl. The summed E-state index contributed by atoms with van der Waals surface area (Å²) in [5.74, 6) is 0.877. The summed E-state index contributed by atoms with van der Waals surface area (Å²) in [4.78, 5) is 0. The molecule has 3 nitrogen and oxygen atoms in total. The third kappa shape index (κ3) is 3.10. The Kier molecular flexibility index (Phi) is 5.55. The molecule has 1 saturated heterocycles. The highest BCUT2D eigenvalue weighted by Gasteiger charge is 2.15. The van der Waals surface area contributed by atoms with Gasteiger partial charge >= 0.3 is 0 Å². The molecular formula is C11H16BrClN2O. The van der Waals surface area contributed by atoms with Crippen LogP contribution in [0.5, 0.6) is 5.75 Å². The molecule has 1 aliphatic heterocycles. The summed E-state index contributed by atoms with van der Waals surface area (Å²) in [6, 6.07) is 6.62. The number of hydrogen-bond acceptors (Lipinski definition) is 3. The molecule has 0 unspecified atom stereocenters. The molecule has 1 heterocycles. The molecule has 0 bridgehead atoms. The Labute approximate surface area is 110 Å². The Morgan fingerprint density at radius 3 is 2.75 bits per heavy atom. The second-order valence-electron chi connectivity index (χ2n) is 3.60. The number of halogens is 2. The Balaban J connectivity index is 0.00000128. The molecule has 0 amide bonds. The van der Waals surface area contributed by atoms with Gasteiger partial charge in [-0.25, -0.2) is 0 Å². The van der Waals surface area contributed by atoms with Crippen molar-refractivity contribution >= 4 is 28.3 Å². The number of rotatable bonds is 2. The Morgan fingerprint density at radius 2 is 2.19 bits per heavy atom. The third-order valence-electron chi connectivity index (χ3n) is 2.62. The number of piperazine rings is 1. The summed E-state index contributed by atoms with van der Waals surface area (Å²) in [7, 11) is 1.68. The summed E-state index contributed by atoms with van der Waals surface area (Å²) >= 11 is 3.50. The summed E-state index contributed by atoms with van der Waals surface area (Å²) in [5.41, 5.74) is 1.29. The van der Waals surface area contributed by atoms with Crippen LogP contribution in [0.4, 0.5) is 0 Å². The van der Waals surface area contributed by atoms with Crippen molar-refractivity contribution in [3.8, 4) is 5.75 Å². The topological polar surface area (TPSA) is 33.3 Å². The van der Waals surface area contributed by atoms with E-state index in [2.05, 4.69) is 38.7 Å². The lowest BCUT2D eigenvalue weighted by Crippen LogP contribution is -2.42. The predicted octanol–water partition coefficient (Wildman–Crippen LogP) is 2.11. The smallest absolute Gasteiger partial charge is 0.133 e. The molecule has 90 valence electrons. The number of methoxy groups -OCH3 is 1. The Morgan fingerprint density at radius 1 is 1.38 bits per heavy atom. The second kappa shape index (κ2) is 6.45. The first-order chi connectivity index (χ1) is 7.31. The zero-order valence-electron chi connectivity index (χ0n) is 9.13. The largest absolute Gasteiger partial charge is 0.496 e. The van der Waals surface area contributed by atoms with Gasteiger partial charge in [-0.1, -0.05) is 6.07 Å². The molecule has 2 rings (SSSR count). The first-order valence-electron chi connectivity index (χ1n) is 5.09. The lowest BCUT2D eigenvalue weighted by atomic mass is 10.1. The molecule has 2 N–H and O–H groups in total. The van der Waals surface area contributed by atoms with E-state index in [0.717, 1.165) is 29.9 Å². The van der Waals surface area contributed by atoms with E-state index in [0.29, 0.717) is 6.04 Å². The number of benzene rings is 1. The van der Waals surface area contributed by atoms with Crippen molar-refractivity contribution in [1.82, 2.24) is 10.6 Å². The first-order valence-corrected chi connectivity index (χ1v) is 5.88. The maximum absolute atomic E-state index is 5.20. The number of nitrogens with one attached hydrogen (secondary N) is 2. The molecule has 0 saturated carbocycles. The molecule has 1 aromatic rings. The molecule has 1 atom stereocenters. The van der Waals surface area contributed by atoms with Crippen LogP contribution in [0.1, 0.15) is 11.6 Å². The van der Waals surface area contributed by atoms with E-state index in [1.54, 1.807) is 7.11 Å². The van der Waals surface area contributed by atoms with Crippen LogP contribution in [-0.4, -0.2) is 26.7 Å². The van der Waals surface area contributed by atoms with Crippen LogP contribution in [0.25, 0.3) is 0 Å². The van der Waals surface area contributed by atoms with E-state index >= 15 is 0 Å². The van der Waals surface area contributed by atoms with Gasteiger partial charge in [-0.15, -0.1) is 12.4 Å². The van der Waals surface area contributed by atoms with E-state index in [1.807, 2.05) is 6.07 Å². The maximum atomic E-state index is 5.20.